The molecule has 0 radical (unpaired) electrons. The number of rotatable bonds is 6. The van der Waals surface area contributed by atoms with E-state index in [1.54, 1.807) is 19.2 Å². The molecule has 0 amide bonds. The second kappa shape index (κ2) is 7.15. The molecular weight excluding hydrogens is 326 g/mol. The van der Waals surface area contributed by atoms with E-state index in [-0.39, 0.29) is 17.2 Å². The highest BCUT2D eigenvalue weighted by molar-refractivity contribution is 7.89. The molecule has 5 nitrogen and oxygen atoms in total. The van der Waals surface area contributed by atoms with Gasteiger partial charge in [-0.15, -0.1) is 0 Å². The number of benzene rings is 2. The Bertz CT molecular complexity index is 873. The predicted molar refractivity (Wildman–Crippen MR) is 92.9 cm³/mol. The summed E-state index contributed by atoms with van der Waals surface area (Å²) in [6, 6.07) is 9.78. The van der Waals surface area contributed by atoms with Gasteiger partial charge in [-0.25, -0.2) is 13.1 Å². The number of aryl methyl sites for hydroxylation is 2. The first-order chi connectivity index (χ1) is 11.2. The zero-order valence-electron chi connectivity index (χ0n) is 14.2. The van der Waals surface area contributed by atoms with Gasteiger partial charge in [0.05, 0.1) is 12.0 Å². The van der Waals surface area contributed by atoms with Crippen LogP contribution in [0.25, 0.3) is 0 Å². The quantitative estimate of drug-likeness (QED) is 0.816. The van der Waals surface area contributed by atoms with Crippen molar-refractivity contribution in [2.75, 3.05) is 7.11 Å². The highest BCUT2D eigenvalue weighted by Gasteiger charge is 2.16. The van der Waals surface area contributed by atoms with Gasteiger partial charge < -0.3 is 4.74 Å². The second-order valence-corrected chi connectivity index (χ2v) is 7.42. The Morgan fingerprint density at radius 3 is 2.42 bits per heavy atom. The fourth-order valence-corrected chi connectivity index (χ4v) is 3.37. The van der Waals surface area contributed by atoms with Crippen molar-refractivity contribution in [3.8, 4) is 5.75 Å². The lowest BCUT2D eigenvalue weighted by molar-refractivity contribution is 0.101. The fraction of sp³-hybridized carbons (Fsp3) is 0.278. The monoisotopic (exact) mass is 347 g/mol. The number of sulfonamides is 1. The Kier molecular flexibility index (Phi) is 5.41. The first-order valence-corrected chi connectivity index (χ1v) is 8.97. The normalized spacial score (nSPS) is 11.3. The van der Waals surface area contributed by atoms with Crippen LogP contribution >= 0.6 is 0 Å². The lowest BCUT2D eigenvalue weighted by Gasteiger charge is -2.13. The van der Waals surface area contributed by atoms with Crippen LogP contribution in [0.4, 0.5) is 0 Å². The molecule has 24 heavy (non-hydrogen) atoms. The third-order valence-electron chi connectivity index (χ3n) is 3.90. The summed E-state index contributed by atoms with van der Waals surface area (Å²) < 4.78 is 32.8. The second-order valence-electron chi connectivity index (χ2n) is 5.66. The number of hydrogen-bond donors (Lipinski definition) is 1. The number of nitrogens with one attached hydrogen (secondary N) is 1. The van der Waals surface area contributed by atoms with Crippen molar-refractivity contribution in [2.45, 2.75) is 32.2 Å². The fourth-order valence-electron chi connectivity index (χ4n) is 2.32. The Morgan fingerprint density at radius 2 is 1.79 bits per heavy atom. The maximum atomic E-state index is 12.5. The van der Waals surface area contributed by atoms with E-state index in [1.807, 2.05) is 26.0 Å². The zero-order chi connectivity index (χ0) is 17.9. The van der Waals surface area contributed by atoms with Crippen molar-refractivity contribution in [3.05, 3.63) is 58.7 Å². The summed E-state index contributed by atoms with van der Waals surface area (Å²) in [7, 11) is -2.17. The topological polar surface area (TPSA) is 72.5 Å². The van der Waals surface area contributed by atoms with Crippen LogP contribution in [0.3, 0.4) is 0 Å². The molecule has 2 aromatic rings. The summed E-state index contributed by atoms with van der Waals surface area (Å²) >= 11 is 0. The van der Waals surface area contributed by atoms with E-state index in [9.17, 15) is 13.2 Å². The van der Waals surface area contributed by atoms with Gasteiger partial charge in [0.1, 0.15) is 5.75 Å². The Morgan fingerprint density at radius 1 is 1.12 bits per heavy atom. The standard InChI is InChI=1S/C18H21NO4S/c1-12-8-16(18(23-4)9-13(12)2)11-19-24(21,22)17-7-5-6-15(10-17)14(3)20/h5-10,19H,11H2,1-4H3. The molecule has 2 aromatic carbocycles. The van der Waals surface area contributed by atoms with Gasteiger partial charge in [-0.05, 0) is 50.1 Å². The smallest absolute Gasteiger partial charge is 0.240 e. The van der Waals surface area contributed by atoms with Gasteiger partial charge in [-0.3, -0.25) is 4.79 Å². The molecule has 1 N–H and O–H groups in total. The molecule has 0 aliphatic heterocycles. The van der Waals surface area contributed by atoms with E-state index in [0.29, 0.717) is 11.3 Å². The van der Waals surface area contributed by atoms with Crippen LogP contribution in [0.2, 0.25) is 0 Å². The van der Waals surface area contributed by atoms with E-state index >= 15 is 0 Å². The van der Waals surface area contributed by atoms with Gasteiger partial charge in [-0.2, -0.15) is 0 Å². The third kappa shape index (κ3) is 4.01. The SMILES string of the molecule is COc1cc(C)c(C)cc1CNS(=O)(=O)c1cccc(C(C)=O)c1. The number of ketones is 1. The molecule has 128 valence electrons. The third-order valence-corrected chi connectivity index (χ3v) is 5.30. The maximum absolute atomic E-state index is 12.5. The Labute approximate surface area is 142 Å². The first kappa shape index (κ1) is 18.2. The van der Waals surface area contributed by atoms with Crippen LogP contribution < -0.4 is 9.46 Å². The molecule has 2 rings (SSSR count). The zero-order valence-corrected chi connectivity index (χ0v) is 15.0. The number of Topliss-reactive ketones (excluding diaryl/α,β-unsaturated/α-hetero) is 1. The lowest BCUT2D eigenvalue weighted by Crippen LogP contribution is -2.23. The molecule has 0 aromatic heterocycles. The van der Waals surface area contributed by atoms with Crippen LogP contribution in [0.5, 0.6) is 5.75 Å². The summed E-state index contributed by atoms with van der Waals surface area (Å²) in [5.74, 6) is 0.459. The van der Waals surface area contributed by atoms with Gasteiger partial charge in [0.2, 0.25) is 10.0 Å². The molecule has 6 heteroatoms. The molecule has 0 heterocycles. The van der Waals surface area contributed by atoms with Gasteiger partial charge in [0.15, 0.2) is 5.78 Å². The molecule has 0 bridgehead atoms. The predicted octanol–water partition coefficient (Wildman–Crippen LogP) is 2.99. The molecule has 0 saturated carbocycles. The van der Waals surface area contributed by atoms with E-state index in [1.165, 1.54) is 19.1 Å². The van der Waals surface area contributed by atoms with Crippen molar-refractivity contribution in [3.63, 3.8) is 0 Å². The maximum Gasteiger partial charge on any atom is 0.240 e. The molecule has 0 unspecified atom stereocenters. The number of methoxy groups -OCH3 is 1. The van der Waals surface area contributed by atoms with Crippen LogP contribution in [-0.4, -0.2) is 21.3 Å². The first-order valence-electron chi connectivity index (χ1n) is 7.49. The van der Waals surface area contributed by atoms with E-state index in [4.69, 9.17) is 4.74 Å². The highest BCUT2D eigenvalue weighted by atomic mass is 32.2. The number of hydrogen-bond acceptors (Lipinski definition) is 4. The summed E-state index contributed by atoms with van der Waals surface area (Å²) in [6.07, 6.45) is 0. The molecule has 0 aliphatic rings. The summed E-state index contributed by atoms with van der Waals surface area (Å²) in [4.78, 5) is 11.5. The van der Waals surface area contributed by atoms with Gasteiger partial charge in [-0.1, -0.05) is 18.2 Å². The number of carbonyl (C=O) groups excluding carboxylic acids is 1. The van der Waals surface area contributed by atoms with Gasteiger partial charge in [0.25, 0.3) is 0 Å². The average molecular weight is 347 g/mol. The summed E-state index contributed by atoms with van der Waals surface area (Å²) in [5.41, 5.74) is 3.25. The van der Waals surface area contributed by atoms with Gasteiger partial charge in [0, 0.05) is 17.7 Å². The van der Waals surface area contributed by atoms with Crippen molar-refractivity contribution in [1.29, 1.82) is 0 Å². The van der Waals surface area contributed by atoms with Crippen molar-refractivity contribution < 1.29 is 17.9 Å². The van der Waals surface area contributed by atoms with Crippen molar-refractivity contribution in [1.82, 2.24) is 4.72 Å². The molecule has 0 spiro atoms. The van der Waals surface area contributed by atoms with Crippen LogP contribution in [-0.2, 0) is 16.6 Å². The Balaban J connectivity index is 2.27. The Hall–Kier alpha value is -2.18. The molecule has 0 fully saturated rings. The van der Waals surface area contributed by atoms with E-state index in [2.05, 4.69) is 4.72 Å². The number of ether oxygens (including phenoxy) is 1. The molecule has 0 aliphatic carbocycles. The van der Waals surface area contributed by atoms with Crippen LogP contribution in [0.15, 0.2) is 41.3 Å². The highest BCUT2D eigenvalue weighted by Crippen LogP contribution is 2.23. The summed E-state index contributed by atoms with van der Waals surface area (Å²) in [5, 5.41) is 0. The largest absolute Gasteiger partial charge is 0.496 e. The van der Waals surface area contributed by atoms with Gasteiger partial charge >= 0.3 is 0 Å². The average Bonchev–Trinajstić information content (AvgIpc) is 2.55. The van der Waals surface area contributed by atoms with Crippen molar-refractivity contribution in [2.24, 2.45) is 0 Å². The van der Waals surface area contributed by atoms with E-state index < -0.39 is 10.0 Å². The molecule has 0 saturated heterocycles. The minimum Gasteiger partial charge on any atom is -0.496 e. The van der Waals surface area contributed by atoms with Crippen molar-refractivity contribution >= 4 is 15.8 Å². The molecular formula is C18H21NO4S. The molecule has 0 atom stereocenters. The minimum atomic E-state index is -3.72. The minimum absolute atomic E-state index is 0.0676. The van der Waals surface area contributed by atoms with E-state index in [0.717, 1.165) is 16.7 Å². The van der Waals surface area contributed by atoms with Crippen LogP contribution in [0.1, 0.15) is 34.0 Å². The van der Waals surface area contributed by atoms with Crippen LogP contribution in [0, 0.1) is 13.8 Å². The number of carbonyl (C=O) groups is 1. The lowest BCUT2D eigenvalue weighted by atomic mass is 10.1. The summed E-state index contributed by atoms with van der Waals surface area (Å²) in [6.45, 7) is 5.44.